The summed E-state index contributed by atoms with van der Waals surface area (Å²) in [6.07, 6.45) is 12.3. The van der Waals surface area contributed by atoms with Gasteiger partial charge in [0, 0.05) is 30.6 Å². The summed E-state index contributed by atoms with van der Waals surface area (Å²) in [6.45, 7) is 5.73. The molecule has 0 bridgehead atoms. The van der Waals surface area contributed by atoms with E-state index in [-0.39, 0.29) is 5.41 Å². The van der Waals surface area contributed by atoms with Crippen molar-refractivity contribution in [1.82, 2.24) is 10.2 Å². The summed E-state index contributed by atoms with van der Waals surface area (Å²) in [6, 6.07) is 15.1. The Morgan fingerprint density at radius 3 is 2.63 bits per heavy atom. The Kier molecular flexibility index (Phi) is 9.75. The Hall–Kier alpha value is -2.96. The fraction of sp³-hybridized carbons (Fsp3) is 0.500. The zero-order valence-electron chi connectivity index (χ0n) is 23.0. The molecule has 204 valence electrons. The topological polar surface area (TPSA) is 91.0 Å². The molecule has 1 amide bonds. The van der Waals surface area contributed by atoms with Crippen molar-refractivity contribution in [3.63, 3.8) is 0 Å². The summed E-state index contributed by atoms with van der Waals surface area (Å²) in [5.74, 6) is 0.924. The number of hydrogen-bond donors (Lipinski definition) is 3. The molecular weight excluding hydrogens is 472 g/mol. The number of allylic oxidation sites excluding steroid dienone is 1. The number of hydrogen-bond acceptors (Lipinski definition) is 4. The van der Waals surface area contributed by atoms with E-state index in [0.29, 0.717) is 32.1 Å². The van der Waals surface area contributed by atoms with E-state index in [1.165, 1.54) is 16.7 Å². The van der Waals surface area contributed by atoms with Crippen LogP contribution in [0.3, 0.4) is 0 Å². The molecule has 0 aromatic heterocycles. The molecule has 0 aliphatic heterocycles. The van der Waals surface area contributed by atoms with Crippen molar-refractivity contribution in [1.29, 1.82) is 0 Å². The average Bonchev–Trinajstić information content (AvgIpc) is 3.73. The number of aryl methyl sites for hydroxylation is 2. The van der Waals surface area contributed by atoms with Crippen molar-refractivity contribution in [2.24, 2.45) is 10.7 Å². The van der Waals surface area contributed by atoms with Gasteiger partial charge in [0.2, 0.25) is 6.41 Å². The number of carbonyl (C=O) groups excluding carboxylic acids is 1. The number of amides is 1. The van der Waals surface area contributed by atoms with E-state index in [1.54, 1.807) is 4.90 Å². The summed E-state index contributed by atoms with van der Waals surface area (Å²) in [5, 5.41) is 14.3. The van der Waals surface area contributed by atoms with Gasteiger partial charge in [-0.05, 0) is 86.4 Å². The van der Waals surface area contributed by atoms with Crippen LogP contribution < -0.4 is 11.1 Å². The Morgan fingerprint density at radius 2 is 2.00 bits per heavy atom. The second-order valence-corrected chi connectivity index (χ2v) is 11.0. The first-order valence-corrected chi connectivity index (χ1v) is 14.2. The molecule has 2 aromatic carbocycles. The molecule has 1 atom stereocenters. The summed E-state index contributed by atoms with van der Waals surface area (Å²) in [4.78, 5) is 18.9. The first kappa shape index (κ1) is 28.1. The Balaban J connectivity index is 1.47. The largest absolute Gasteiger partial charge is 0.391 e. The van der Waals surface area contributed by atoms with E-state index < -0.39 is 6.10 Å². The van der Waals surface area contributed by atoms with E-state index in [2.05, 4.69) is 49.5 Å². The number of aliphatic hydroxyl groups is 1. The van der Waals surface area contributed by atoms with Crippen LogP contribution in [-0.4, -0.2) is 47.5 Å². The van der Waals surface area contributed by atoms with Gasteiger partial charge in [-0.15, -0.1) is 0 Å². The highest BCUT2D eigenvalue weighted by Gasteiger charge is 2.41. The van der Waals surface area contributed by atoms with Crippen LogP contribution >= 0.6 is 0 Å². The van der Waals surface area contributed by atoms with E-state index in [0.717, 1.165) is 68.3 Å². The van der Waals surface area contributed by atoms with Crippen molar-refractivity contribution in [2.75, 3.05) is 13.1 Å². The molecule has 4 rings (SSSR count). The predicted octanol–water partition coefficient (Wildman–Crippen LogP) is 4.75. The predicted molar refractivity (Wildman–Crippen MR) is 155 cm³/mol. The third-order valence-corrected chi connectivity index (χ3v) is 8.01. The van der Waals surface area contributed by atoms with Crippen molar-refractivity contribution in [3.05, 3.63) is 82.6 Å². The molecule has 38 heavy (non-hydrogen) atoms. The molecule has 2 aliphatic carbocycles. The van der Waals surface area contributed by atoms with Crippen LogP contribution in [0.25, 0.3) is 0 Å². The van der Waals surface area contributed by atoms with Gasteiger partial charge in [-0.1, -0.05) is 55.8 Å². The highest BCUT2D eigenvalue weighted by molar-refractivity contribution is 6.00. The van der Waals surface area contributed by atoms with E-state index >= 15 is 0 Å². The average molecular weight is 517 g/mol. The van der Waals surface area contributed by atoms with Crippen LogP contribution in [0.15, 0.2) is 59.7 Å². The van der Waals surface area contributed by atoms with E-state index in [9.17, 15) is 9.90 Å². The minimum atomic E-state index is -0.581. The monoisotopic (exact) mass is 516 g/mol. The number of rotatable bonds is 14. The number of amidine groups is 1. The van der Waals surface area contributed by atoms with Gasteiger partial charge >= 0.3 is 0 Å². The smallest absolute Gasteiger partial charge is 0.209 e. The van der Waals surface area contributed by atoms with Crippen molar-refractivity contribution in [2.45, 2.75) is 89.3 Å². The van der Waals surface area contributed by atoms with Gasteiger partial charge in [-0.3, -0.25) is 9.79 Å². The first-order chi connectivity index (χ1) is 18.5. The molecule has 4 N–H and O–H groups in total. The number of carbonyl (C=O) groups is 1. The second kappa shape index (κ2) is 13.2. The third kappa shape index (κ3) is 7.12. The zero-order valence-corrected chi connectivity index (χ0v) is 23.0. The number of aliphatic hydroxyl groups excluding tert-OH is 1. The molecule has 1 unspecified atom stereocenters. The highest BCUT2D eigenvalue weighted by Crippen LogP contribution is 2.46. The maximum absolute atomic E-state index is 12.2. The van der Waals surface area contributed by atoms with Crippen LogP contribution in [-0.2, 0) is 23.2 Å². The van der Waals surface area contributed by atoms with Gasteiger partial charge in [0.1, 0.15) is 5.84 Å². The van der Waals surface area contributed by atoms with Crippen LogP contribution in [0.1, 0.15) is 79.7 Å². The Morgan fingerprint density at radius 1 is 1.24 bits per heavy atom. The fourth-order valence-corrected chi connectivity index (χ4v) is 5.51. The molecule has 0 spiro atoms. The van der Waals surface area contributed by atoms with Gasteiger partial charge in [-0.25, -0.2) is 0 Å². The van der Waals surface area contributed by atoms with E-state index in [1.807, 2.05) is 24.4 Å². The SMILES string of the molecule is CC/C=C/NC(=NC1CC1)c1ccc(C)c(C2(CN(C=O)CC(O)CCc3ccccc3CN)CCC2)c1. The van der Waals surface area contributed by atoms with Crippen LogP contribution in [0, 0.1) is 6.92 Å². The van der Waals surface area contributed by atoms with Gasteiger partial charge in [-0.2, -0.15) is 0 Å². The van der Waals surface area contributed by atoms with Crippen molar-refractivity contribution in [3.8, 4) is 0 Å². The first-order valence-electron chi connectivity index (χ1n) is 14.2. The number of aliphatic imine (C=N–C) groups is 1. The molecule has 2 aliphatic rings. The van der Waals surface area contributed by atoms with Crippen molar-refractivity contribution < 1.29 is 9.90 Å². The maximum Gasteiger partial charge on any atom is 0.209 e. The number of nitrogens with one attached hydrogen (secondary N) is 1. The fourth-order valence-electron chi connectivity index (χ4n) is 5.51. The minimum Gasteiger partial charge on any atom is -0.391 e. The maximum atomic E-state index is 12.2. The normalized spacial score (nSPS) is 17.7. The molecule has 2 fully saturated rings. The standard InChI is InChI=1S/C32H44N4O2/c1-3-4-18-34-31(35-28-13-14-28)26-11-10-24(2)30(19-26)32(16-7-17-32)22-36(23-37)21-29(38)15-12-25-8-5-6-9-27(25)20-33/h4-6,8-11,18-19,23,28-29,38H,3,7,12-17,20-22,33H2,1-2H3,(H,34,35)/b18-4+. The molecule has 6 heteroatoms. The van der Waals surface area contributed by atoms with Gasteiger partial charge < -0.3 is 21.1 Å². The van der Waals surface area contributed by atoms with Crippen LogP contribution in [0.5, 0.6) is 0 Å². The highest BCUT2D eigenvalue weighted by atomic mass is 16.3. The Labute approximate surface area is 228 Å². The Bertz CT molecular complexity index is 1130. The lowest BCUT2D eigenvalue weighted by Crippen LogP contribution is -2.47. The van der Waals surface area contributed by atoms with Gasteiger partial charge in [0.25, 0.3) is 0 Å². The molecule has 0 saturated heterocycles. The lowest BCUT2D eigenvalue weighted by molar-refractivity contribution is -0.121. The molecule has 2 aromatic rings. The van der Waals surface area contributed by atoms with Crippen molar-refractivity contribution >= 4 is 12.2 Å². The van der Waals surface area contributed by atoms with Crippen LogP contribution in [0.2, 0.25) is 0 Å². The quantitative estimate of drug-likeness (QED) is 0.192. The lowest BCUT2D eigenvalue weighted by Gasteiger charge is -2.46. The molecule has 6 nitrogen and oxygen atoms in total. The molecule has 0 radical (unpaired) electrons. The van der Waals surface area contributed by atoms with E-state index in [4.69, 9.17) is 10.7 Å². The summed E-state index contributed by atoms with van der Waals surface area (Å²) < 4.78 is 0. The van der Waals surface area contributed by atoms with Crippen LogP contribution in [0.4, 0.5) is 0 Å². The zero-order chi connectivity index (χ0) is 27.0. The lowest BCUT2D eigenvalue weighted by atomic mass is 9.63. The molecule has 0 heterocycles. The van der Waals surface area contributed by atoms with Gasteiger partial charge in [0.15, 0.2) is 0 Å². The number of nitrogens with two attached hydrogens (primary N) is 1. The van der Waals surface area contributed by atoms with Gasteiger partial charge in [0.05, 0.1) is 12.1 Å². The summed E-state index contributed by atoms with van der Waals surface area (Å²) >= 11 is 0. The summed E-state index contributed by atoms with van der Waals surface area (Å²) in [5.41, 5.74) is 11.7. The number of nitrogens with zero attached hydrogens (tertiary/aromatic N) is 2. The minimum absolute atomic E-state index is 0.0865. The second-order valence-electron chi connectivity index (χ2n) is 11.0. The summed E-state index contributed by atoms with van der Waals surface area (Å²) in [7, 11) is 0. The molecular formula is C32H44N4O2. The number of benzene rings is 2. The molecule has 2 saturated carbocycles. The third-order valence-electron chi connectivity index (χ3n) is 8.01.